The lowest BCUT2D eigenvalue weighted by atomic mass is 10.0. The molecule has 0 aliphatic carbocycles. The number of carboxylic acid groups (broad SMARTS) is 1. The second-order valence-corrected chi connectivity index (χ2v) is 6.60. The van der Waals surface area contributed by atoms with E-state index in [0.29, 0.717) is 0 Å². The van der Waals surface area contributed by atoms with Crippen LogP contribution >= 0.6 is 0 Å². The average molecular weight is 285 g/mol. The molecule has 19 heavy (non-hydrogen) atoms. The van der Waals surface area contributed by atoms with Crippen molar-refractivity contribution in [3.05, 3.63) is 29.8 Å². The van der Waals surface area contributed by atoms with Crippen molar-refractivity contribution in [1.29, 1.82) is 0 Å². The predicted octanol–water partition coefficient (Wildman–Crippen LogP) is 1.77. The van der Waals surface area contributed by atoms with Crippen molar-refractivity contribution >= 4 is 16.0 Å². The van der Waals surface area contributed by atoms with Gasteiger partial charge < -0.3 is 5.11 Å². The summed E-state index contributed by atoms with van der Waals surface area (Å²) in [6.45, 7) is 5.43. The molecule has 1 unspecified atom stereocenters. The molecule has 0 radical (unpaired) electrons. The van der Waals surface area contributed by atoms with Gasteiger partial charge in [0, 0.05) is 6.04 Å². The SMILES string of the molecule is Cc1ccc(S(=O)(=O)NC(CC(=O)O)C(C)C)cc1. The number of sulfonamides is 1. The molecule has 0 aliphatic rings. The molecule has 0 amide bonds. The highest BCUT2D eigenvalue weighted by Gasteiger charge is 2.24. The van der Waals surface area contributed by atoms with Gasteiger partial charge >= 0.3 is 5.97 Å². The Bertz CT molecular complexity index is 534. The molecule has 6 heteroatoms. The lowest BCUT2D eigenvalue weighted by Gasteiger charge is -2.20. The molecule has 0 bridgehead atoms. The fourth-order valence-electron chi connectivity index (χ4n) is 1.59. The van der Waals surface area contributed by atoms with E-state index in [-0.39, 0.29) is 17.2 Å². The fourth-order valence-corrected chi connectivity index (χ4v) is 2.97. The summed E-state index contributed by atoms with van der Waals surface area (Å²) in [7, 11) is -3.68. The first-order valence-electron chi connectivity index (χ1n) is 6.03. The van der Waals surface area contributed by atoms with Gasteiger partial charge in [-0.2, -0.15) is 0 Å². The summed E-state index contributed by atoms with van der Waals surface area (Å²) in [5.74, 6) is -1.12. The molecule has 5 nitrogen and oxygen atoms in total. The third-order valence-electron chi connectivity index (χ3n) is 2.84. The van der Waals surface area contributed by atoms with Crippen LogP contribution in [0.15, 0.2) is 29.2 Å². The number of aryl methyl sites for hydroxylation is 1. The largest absolute Gasteiger partial charge is 0.481 e. The number of aliphatic carboxylic acids is 1. The third-order valence-corrected chi connectivity index (χ3v) is 4.34. The maximum atomic E-state index is 12.1. The summed E-state index contributed by atoms with van der Waals surface area (Å²) in [6, 6.07) is 5.81. The van der Waals surface area contributed by atoms with Gasteiger partial charge in [-0.15, -0.1) is 0 Å². The quantitative estimate of drug-likeness (QED) is 0.834. The van der Waals surface area contributed by atoms with Gasteiger partial charge in [0.05, 0.1) is 11.3 Å². The minimum atomic E-state index is -3.68. The molecule has 0 saturated carbocycles. The minimum Gasteiger partial charge on any atom is -0.481 e. The lowest BCUT2D eigenvalue weighted by Crippen LogP contribution is -2.40. The number of rotatable bonds is 6. The van der Waals surface area contributed by atoms with Crippen molar-refractivity contribution in [2.75, 3.05) is 0 Å². The highest BCUT2D eigenvalue weighted by molar-refractivity contribution is 7.89. The number of hydrogen-bond acceptors (Lipinski definition) is 3. The normalized spacial score (nSPS) is 13.5. The Balaban J connectivity index is 2.93. The molecule has 0 fully saturated rings. The van der Waals surface area contributed by atoms with E-state index < -0.39 is 22.0 Å². The first kappa shape index (κ1) is 15.7. The van der Waals surface area contributed by atoms with Crippen molar-refractivity contribution in [3.8, 4) is 0 Å². The van der Waals surface area contributed by atoms with Gasteiger partial charge in [-0.1, -0.05) is 31.5 Å². The Morgan fingerprint density at radius 3 is 2.21 bits per heavy atom. The average Bonchev–Trinajstić information content (AvgIpc) is 2.27. The Morgan fingerprint density at radius 2 is 1.79 bits per heavy atom. The maximum absolute atomic E-state index is 12.1. The van der Waals surface area contributed by atoms with E-state index >= 15 is 0 Å². The number of carbonyl (C=O) groups is 1. The Morgan fingerprint density at radius 1 is 1.26 bits per heavy atom. The van der Waals surface area contributed by atoms with E-state index in [9.17, 15) is 13.2 Å². The number of carboxylic acids is 1. The van der Waals surface area contributed by atoms with Gasteiger partial charge in [-0.05, 0) is 25.0 Å². The Hall–Kier alpha value is -1.40. The zero-order chi connectivity index (χ0) is 14.6. The molecule has 0 saturated heterocycles. The zero-order valence-electron chi connectivity index (χ0n) is 11.3. The van der Waals surface area contributed by atoms with Gasteiger partial charge in [-0.3, -0.25) is 4.79 Å². The van der Waals surface area contributed by atoms with Gasteiger partial charge in [0.25, 0.3) is 0 Å². The zero-order valence-corrected chi connectivity index (χ0v) is 12.1. The van der Waals surface area contributed by atoms with E-state index in [0.717, 1.165) is 5.56 Å². The van der Waals surface area contributed by atoms with Crippen LogP contribution in [0.5, 0.6) is 0 Å². The molecule has 1 rings (SSSR count). The van der Waals surface area contributed by atoms with Crippen molar-refractivity contribution < 1.29 is 18.3 Å². The number of nitrogens with one attached hydrogen (secondary N) is 1. The van der Waals surface area contributed by atoms with Crippen LogP contribution in [0, 0.1) is 12.8 Å². The van der Waals surface area contributed by atoms with Gasteiger partial charge in [0.1, 0.15) is 0 Å². The standard InChI is InChI=1S/C13H19NO4S/c1-9(2)12(8-13(15)16)14-19(17,18)11-6-4-10(3)5-7-11/h4-7,9,12,14H,8H2,1-3H3,(H,15,16). The topological polar surface area (TPSA) is 83.5 Å². The highest BCUT2D eigenvalue weighted by Crippen LogP contribution is 2.14. The molecule has 106 valence electrons. The second kappa shape index (κ2) is 6.16. The highest BCUT2D eigenvalue weighted by atomic mass is 32.2. The molecule has 0 spiro atoms. The first-order valence-corrected chi connectivity index (χ1v) is 7.51. The summed E-state index contributed by atoms with van der Waals surface area (Å²) in [4.78, 5) is 10.9. The Labute approximate surface area is 113 Å². The fraction of sp³-hybridized carbons (Fsp3) is 0.462. The van der Waals surface area contributed by atoms with Crippen LogP contribution in [0.25, 0.3) is 0 Å². The summed E-state index contributed by atoms with van der Waals surface area (Å²) >= 11 is 0. The molecular weight excluding hydrogens is 266 g/mol. The molecular formula is C13H19NO4S. The van der Waals surface area contributed by atoms with Gasteiger partial charge in [0.2, 0.25) is 10.0 Å². The minimum absolute atomic E-state index is 0.101. The maximum Gasteiger partial charge on any atom is 0.304 e. The van der Waals surface area contributed by atoms with Crippen LogP contribution in [0.1, 0.15) is 25.8 Å². The van der Waals surface area contributed by atoms with Crippen LogP contribution in [0.3, 0.4) is 0 Å². The van der Waals surface area contributed by atoms with E-state index in [2.05, 4.69) is 4.72 Å². The summed E-state index contributed by atoms with van der Waals surface area (Å²) < 4.78 is 26.7. The van der Waals surface area contributed by atoms with Gasteiger partial charge in [-0.25, -0.2) is 13.1 Å². The molecule has 2 N–H and O–H groups in total. The van der Waals surface area contributed by atoms with Crippen LogP contribution < -0.4 is 4.72 Å². The summed E-state index contributed by atoms with van der Waals surface area (Å²) in [5, 5.41) is 8.80. The number of benzene rings is 1. The molecule has 1 aromatic carbocycles. The van der Waals surface area contributed by atoms with E-state index in [1.807, 2.05) is 6.92 Å². The molecule has 0 aliphatic heterocycles. The Kier molecular flexibility index (Phi) is 5.08. The molecule has 1 atom stereocenters. The second-order valence-electron chi connectivity index (χ2n) is 4.88. The van der Waals surface area contributed by atoms with Crippen molar-refractivity contribution in [3.63, 3.8) is 0 Å². The molecule has 0 heterocycles. The number of hydrogen-bond donors (Lipinski definition) is 2. The van der Waals surface area contributed by atoms with Crippen molar-refractivity contribution in [2.45, 2.75) is 38.1 Å². The van der Waals surface area contributed by atoms with Crippen molar-refractivity contribution in [2.24, 2.45) is 5.92 Å². The van der Waals surface area contributed by atoms with Crippen molar-refractivity contribution in [1.82, 2.24) is 4.72 Å². The smallest absolute Gasteiger partial charge is 0.304 e. The lowest BCUT2D eigenvalue weighted by molar-refractivity contribution is -0.137. The van der Waals surface area contributed by atoms with Crippen LogP contribution in [0.4, 0.5) is 0 Å². The van der Waals surface area contributed by atoms with Crippen LogP contribution in [0.2, 0.25) is 0 Å². The van der Waals surface area contributed by atoms with E-state index in [4.69, 9.17) is 5.11 Å². The molecule has 0 aromatic heterocycles. The first-order chi connectivity index (χ1) is 8.72. The summed E-state index contributed by atoms with van der Waals surface area (Å²) in [5.41, 5.74) is 0.963. The van der Waals surface area contributed by atoms with Gasteiger partial charge in [0.15, 0.2) is 0 Å². The predicted molar refractivity (Wildman–Crippen MR) is 72.4 cm³/mol. The van der Waals surface area contributed by atoms with E-state index in [1.54, 1.807) is 26.0 Å². The van der Waals surface area contributed by atoms with Crippen LogP contribution in [-0.4, -0.2) is 25.5 Å². The third kappa shape index (κ3) is 4.65. The summed E-state index contributed by atoms with van der Waals surface area (Å²) in [6.07, 6.45) is -0.233. The molecule has 1 aromatic rings. The monoisotopic (exact) mass is 285 g/mol. The van der Waals surface area contributed by atoms with Crippen LogP contribution in [-0.2, 0) is 14.8 Å². The van der Waals surface area contributed by atoms with E-state index in [1.165, 1.54) is 12.1 Å².